The highest BCUT2D eigenvalue weighted by Gasteiger charge is 2.36. The molecular formula is C13H17BrFNO2. The molecule has 0 atom stereocenters. The van der Waals surface area contributed by atoms with E-state index in [0.717, 1.165) is 0 Å². The molecule has 18 heavy (non-hydrogen) atoms. The van der Waals surface area contributed by atoms with Crippen LogP contribution in [0.2, 0.25) is 0 Å². The molecular weight excluding hydrogens is 301 g/mol. The molecule has 2 N–H and O–H groups in total. The lowest BCUT2D eigenvalue weighted by Crippen LogP contribution is -2.57. The quantitative estimate of drug-likeness (QED) is 0.900. The van der Waals surface area contributed by atoms with E-state index >= 15 is 0 Å². The van der Waals surface area contributed by atoms with Crippen molar-refractivity contribution >= 4 is 21.8 Å². The van der Waals surface area contributed by atoms with E-state index in [1.54, 1.807) is 27.7 Å². The van der Waals surface area contributed by atoms with Gasteiger partial charge in [0.1, 0.15) is 5.82 Å². The summed E-state index contributed by atoms with van der Waals surface area (Å²) in [5.41, 5.74) is -1.55. The second-order valence-corrected chi connectivity index (χ2v) is 6.12. The standard InChI is InChI=1S/C13H17BrFNO2/c1-12(2,13(3,4)18)16-11(17)9-6-5-8(15)7-10(9)14/h5-7,18H,1-4H3,(H,16,17). The summed E-state index contributed by atoms with van der Waals surface area (Å²) in [5.74, 6) is -0.783. The number of hydrogen-bond donors (Lipinski definition) is 2. The van der Waals surface area contributed by atoms with Crippen LogP contribution < -0.4 is 5.32 Å². The van der Waals surface area contributed by atoms with Gasteiger partial charge in [-0.3, -0.25) is 4.79 Å². The molecule has 0 aliphatic heterocycles. The number of rotatable bonds is 3. The number of halogens is 2. The number of aliphatic hydroxyl groups is 1. The minimum Gasteiger partial charge on any atom is -0.388 e. The highest BCUT2D eigenvalue weighted by molar-refractivity contribution is 9.10. The second-order valence-electron chi connectivity index (χ2n) is 5.26. The predicted molar refractivity (Wildman–Crippen MR) is 71.9 cm³/mol. The number of carbonyl (C=O) groups is 1. The van der Waals surface area contributed by atoms with Gasteiger partial charge in [-0.1, -0.05) is 0 Å². The van der Waals surface area contributed by atoms with E-state index in [4.69, 9.17) is 0 Å². The summed E-state index contributed by atoms with van der Waals surface area (Å²) in [4.78, 5) is 12.1. The van der Waals surface area contributed by atoms with Crippen molar-refractivity contribution in [2.75, 3.05) is 0 Å². The molecule has 0 spiro atoms. The fourth-order valence-corrected chi connectivity index (χ4v) is 1.71. The van der Waals surface area contributed by atoms with Crippen LogP contribution in [0.4, 0.5) is 4.39 Å². The van der Waals surface area contributed by atoms with Crippen molar-refractivity contribution < 1.29 is 14.3 Å². The van der Waals surface area contributed by atoms with Gasteiger partial charge in [0.15, 0.2) is 0 Å². The predicted octanol–water partition coefficient (Wildman–Crippen LogP) is 2.87. The third-order valence-corrected chi connectivity index (χ3v) is 3.79. The first kappa shape index (κ1) is 15.1. The molecule has 0 saturated heterocycles. The molecule has 0 aliphatic carbocycles. The van der Waals surface area contributed by atoms with Crippen LogP contribution in [0.5, 0.6) is 0 Å². The van der Waals surface area contributed by atoms with E-state index in [2.05, 4.69) is 21.2 Å². The fraction of sp³-hybridized carbons (Fsp3) is 0.462. The van der Waals surface area contributed by atoms with E-state index in [-0.39, 0.29) is 5.91 Å². The minimum absolute atomic E-state index is 0.328. The Morgan fingerprint density at radius 3 is 2.33 bits per heavy atom. The average molecular weight is 318 g/mol. The zero-order chi connectivity index (χ0) is 14.1. The maximum absolute atomic E-state index is 12.9. The molecule has 0 aliphatic rings. The second kappa shape index (κ2) is 4.97. The third-order valence-electron chi connectivity index (χ3n) is 3.13. The van der Waals surface area contributed by atoms with Gasteiger partial charge in [-0.05, 0) is 61.8 Å². The monoisotopic (exact) mass is 317 g/mol. The van der Waals surface area contributed by atoms with E-state index in [1.165, 1.54) is 18.2 Å². The van der Waals surface area contributed by atoms with Crippen LogP contribution in [-0.4, -0.2) is 22.2 Å². The van der Waals surface area contributed by atoms with Crippen molar-refractivity contribution in [2.24, 2.45) is 0 Å². The van der Waals surface area contributed by atoms with Gasteiger partial charge in [0.25, 0.3) is 5.91 Å². The molecule has 0 heterocycles. The van der Waals surface area contributed by atoms with E-state index in [9.17, 15) is 14.3 Å². The number of hydrogen-bond acceptors (Lipinski definition) is 2. The van der Waals surface area contributed by atoms with Crippen molar-refractivity contribution in [3.8, 4) is 0 Å². The normalized spacial score (nSPS) is 12.4. The van der Waals surface area contributed by atoms with Crippen LogP contribution in [0.3, 0.4) is 0 Å². The van der Waals surface area contributed by atoms with Crippen molar-refractivity contribution in [1.29, 1.82) is 0 Å². The smallest absolute Gasteiger partial charge is 0.252 e. The van der Waals surface area contributed by atoms with Gasteiger partial charge in [-0.25, -0.2) is 4.39 Å². The van der Waals surface area contributed by atoms with Gasteiger partial charge < -0.3 is 10.4 Å². The molecule has 1 aromatic rings. The highest BCUT2D eigenvalue weighted by atomic mass is 79.9. The molecule has 3 nitrogen and oxygen atoms in total. The van der Waals surface area contributed by atoms with Gasteiger partial charge in [0, 0.05) is 4.47 Å². The third kappa shape index (κ3) is 3.29. The Balaban J connectivity index is 2.96. The van der Waals surface area contributed by atoms with Crippen LogP contribution in [0.1, 0.15) is 38.1 Å². The maximum atomic E-state index is 12.9. The Bertz CT molecular complexity index is 467. The first-order valence-electron chi connectivity index (χ1n) is 5.54. The molecule has 1 aromatic carbocycles. The summed E-state index contributed by atoms with van der Waals surface area (Å²) in [6.07, 6.45) is 0. The summed E-state index contributed by atoms with van der Waals surface area (Å²) < 4.78 is 13.3. The Hall–Kier alpha value is -0.940. The van der Waals surface area contributed by atoms with E-state index in [1.807, 2.05) is 0 Å². The number of amides is 1. The largest absolute Gasteiger partial charge is 0.388 e. The SMILES string of the molecule is CC(C)(O)C(C)(C)NC(=O)c1ccc(F)cc1Br. The van der Waals surface area contributed by atoms with Crippen LogP contribution in [0.25, 0.3) is 0 Å². The molecule has 0 radical (unpaired) electrons. The maximum Gasteiger partial charge on any atom is 0.252 e. The topological polar surface area (TPSA) is 49.3 Å². The zero-order valence-electron chi connectivity index (χ0n) is 10.8. The summed E-state index contributed by atoms with van der Waals surface area (Å²) >= 11 is 3.14. The Morgan fingerprint density at radius 1 is 1.33 bits per heavy atom. The summed E-state index contributed by atoms with van der Waals surface area (Å²) in [6, 6.07) is 3.85. The van der Waals surface area contributed by atoms with Gasteiger partial charge >= 0.3 is 0 Å². The molecule has 0 aromatic heterocycles. The van der Waals surface area contributed by atoms with E-state index in [0.29, 0.717) is 10.0 Å². The first-order valence-corrected chi connectivity index (χ1v) is 6.34. The molecule has 0 saturated carbocycles. The molecule has 5 heteroatoms. The molecule has 1 rings (SSSR count). The molecule has 0 bridgehead atoms. The minimum atomic E-state index is -1.07. The molecule has 1 amide bonds. The number of nitrogens with one attached hydrogen (secondary N) is 1. The summed E-state index contributed by atoms with van der Waals surface area (Å²) in [7, 11) is 0. The lowest BCUT2D eigenvalue weighted by molar-refractivity contribution is -0.00294. The molecule has 0 fully saturated rings. The Morgan fingerprint density at radius 2 is 1.89 bits per heavy atom. The van der Waals surface area contributed by atoms with Crippen molar-refractivity contribution in [1.82, 2.24) is 5.32 Å². The summed E-state index contributed by atoms with van der Waals surface area (Å²) in [6.45, 7) is 6.69. The Labute approximate surface area is 115 Å². The lowest BCUT2D eigenvalue weighted by Gasteiger charge is -2.38. The fourth-order valence-electron chi connectivity index (χ4n) is 1.18. The average Bonchev–Trinajstić information content (AvgIpc) is 2.14. The molecule has 0 unspecified atom stereocenters. The van der Waals surface area contributed by atoms with Crippen molar-refractivity contribution in [3.63, 3.8) is 0 Å². The van der Waals surface area contributed by atoms with Crippen molar-refractivity contribution in [3.05, 3.63) is 34.1 Å². The van der Waals surface area contributed by atoms with Crippen molar-refractivity contribution in [2.45, 2.75) is 38.8 Å². The zero-order valence-corrected chi connectivity index (χ0v) is 12.4. The van der Waals surface area contributed by atoms with Crippen LogP contribution >= 0.6 is 15.9 Å². The number of benzene rings is 1. The van der Waals surface area contributed by atoms with Gasteiger partial charge in [-0.2, -0.15) is 0 Å². The van der Waals surface area contributed by atoms with Gasteiger partial charge in [0.05, 0.1) is 16.7 Å². The van der Waals surface area contributed by atoms with E-state index < -0.39 is 17.0 Å². The number of carbonyl (C=O) groups excluding carboxylic acids is 1. The van der Waals surface area contributed by atoms with Gasteiger partial charge in [-0.15, -0.1) is 0 Å². The van der Waals surface area contributed by atoms with Crippen LogP contribution in [0.15, 0.2) is 22.7 Å². The lowest BCUT2D eigenvalue weighted by atomic mass is 9.86. The van der Waals surface area contributed by atoms with Gasteiger partial charge in [0.2, 0.25) is 0 Å². The highest BCUT2D eigenvalue weighted by Crippen LogP contribution is 2.23. The van der Waals surface area contributed by atoms with Crippen LogP contribution in [-0.2, 0) is 0 Å². The summed E-state index contributed by atoms with van der Waals surface area (Å²) in [5, 5.41) is 12.7. The first-order chi connectivity index (χ1) is 8.04. The Kier molecular flexibility index (Phi) is 4.18. The molecule has 100 valence electrons. The van der Waals surface area contributed by atoms with Crippen LogP contribution in [0, 0.1) is 5.82 Å².